The topological polar surface area (TPSA) is 35.6 Å². The first-order chi connectivity index (χ1) is 10.1. The van der Waals surface area contributed by atoms with E-state index in [0.717, 1.165) is 23.4 Å². The van der Waals surface area contributed by atoms with Gasteiger partial charge in [0.25, 0.3) is 0 Å². The van der Waals surface area contributed by atoms with Crippen LogP contribution in [0.5, 0.6) is 0 Å². The van der Waals surface area contributed by atoms with Gasteiger partial charge in [0.2, 0.25) is 0 Å². The number of fused-ring (bicyclic) bond motifs is 1. The lowest BCUT2D eigenvalue weighted by Gasteiger charge is -2.19. The zero-order chi connectivity index (χ0) is 15.0. The number of rotatable bonds is 4. The number of aromatic nitrogens is 4. The molecule has 0 saturated carbocycles. The normalized spacial score (nSPS) is 14.5. The van der Waals surface area contributed by atoms with E-state index in [1.165, 1.54) is 0 Å². The molecule has 21 heavy (non-hydrogen) atoms. The summed E-state index contributed by atoms with van der Waals surface area (Å²) in [5, 5.41) is 0.518. The Kier molecular flexibility index (Phi) is 3.91. The van der Waals surface area contributed by atoms with Crippen molar-refractivity contribution in [3.05, 3.63) is 47.8 Å². The van der Waals surface area contributed by atoms with Crippen LogP contribution < -0.4 is 0 Å². The fraction of sp³-hybridized carbons (Fsp3) is 0.333. The summed E-state index contributed by atoms with van der Waals surface area (Å²) in [5.41, 5.74) is 1.93. The highest BCUT2D eigenvalue weighted by atomic mass is 35.5. The number of hydrogen-bond acceptors (Lipinski definition) is 2. The van der Waals surface area contributed by atoms with Gasteiger partial charge in [-0.3, -0.25) is 0 Å². The smallest absolute Gasteiger partial charge is 0.128 e. The predicted octanol–water partition coefficient (Wildman–Crippen LogP) is 4.45. The van der Waals surface area contributed by atoms with Gasteiger partial charge in [-0.1, -0.05) is 11.6 Å². The molecular weight excluding hydrogens is 307 g/mol. The Morgan fingerprint density at radius 3 is 2.76 bits per heavy atom. The summed E-state index contributed by atoms with van der Waals surface area (Å²) in [4.78, 5) is 8.73. The summed E-state index contributed by atoms with van der Waals surface area (Å²) < 4.78 is 4.23. The highest BCUT2D eigenvalue weighted by Gasteiger charge is 2.19. The number of imidazole rings is 2. The summed E-state index contributed by atoms with van der Waals surface area (Å²) in [6.45, 7) is 4.90. The highest BCUT2D eigenvalue weighted by Crippen LogP contribution is 2.30. The molecule has 0 radical (unpaired) electrons. The molecule has 0 spiro atoms. The van der Waals surface area contributed by atoms with Crippen molar-refractivity contribution in [3.8, 4) is 0 Å². The van der Waals surface area contributed by atoms with Crippen LogP contribution in [0, 0.1) is 0 Å². The minimum Gasteiger partial charge on any atom is -0.335 e. The molecule has 0 aliphatic rings. The Morgan fingerprint density at radius 2 is 2.10 bits per heavy atom. The van der Waals surface area contributed by atoms with Crippen LogP contribution in [0.1, 0.15) is 31.1 Å². The Hall–Kier alpha value is -1.52. The van der Waals surface area contributed by atoms with Crippen LogP contribution in [-0.2, 0) is 6.54 Å². The van der Waals surface area contributed by atoms with Gasteiger partial charge in [-0.15, -0.1) is 11.6 Å². The van der Waals surface area contributed by atoms with Crippen LogP contribution in [0.25, 0.3) is 11.0 Å². The fourth-order valence-corrected chi connectivity index (χ4v) is 2.94. The molecule has 1 aromatic carbocycles. The maximum atomic E-state index is 6.31. The maximum absolute atomic E-state index is 6.31. The number of benzene rings is 1. The third kappa shape index (κ3) is 2.78. The molecule has 0 N–H and O–H groups in total. The molecule has 0 fully saturated rings. The van der Waals surface area contributed by atoms with Crippen molar-refractivity contribution < 1.29 is 0 Å². The first-order valence-electron chi connectivity index (χ1n) is 6.83. The van der Waals surface area contributed by atoms with Crippen LogP contribution in [0.15, 0.2) is 36.9 Å². The average molecular weight is 323 g/mol. The molecule has 0 saturated heterocycles. The number of halogens is 2. The molecule has 6 heteroatoms. The molecule has 2 atom stereocenters. The van der Waals surface area contributed by atoms with Crippen molar-refractivity contribution in [3.63, 3.8) is 0 Å². The lowest BCUT2D eigenvalue weighted by molar-refractivity contribution is 0.460. The van der Waals surface area contributed by atoms with Gasteiger partial charge in [0.1, 0.15) is 5.82 Å². The van der Waals surface area contributed by atoms with Crippen molar-refractivity contribution >= 4 is 34.2 Å². The van der Waals surface area contributed by atoms with Crippen molar-refractivity contribution in [1.29, 1.82) is 0 Å². The monoisotopic (exact) mass is 322 g/mol. The maximum Gasteiger partial charge on any atom is 0.128 e. The van der Waals surface area contributed by atoms with Gasteiger partial charge in [0, 0.05) is 24.0 Å². The highest BCUT2D eigenvalue weighted by molar-refractivity contribution is 6.31. The van der Waals surface area contributed by atoms with Crippen LogP contribution in [0.2, 0.25) is 5.02 Å². The molecule has 3 aromatic rings. The van der Waals surface area contributed by atoms with Gasteiger partial charge >= 0.3 is 0 Å². The molecule has 4 nitrogen and oxygen atoms in total. The summed E-state index contributed by atoms with van der Waals surface area (Å²) in [5.74, 6) is 0.863. The molecule has 3 rings (SSSR count). The second-order valence-electron chi connectivity index (χ2n) is 5.20. The summed E-state index contributed by atoms with van der Waals surface area (Å²) in [7, 11) is 0. The van der Waals surface area contributed by atoms with E-state index in [1.54, 1.807) is 6.20 Å². The molecule has 2 heterocycles. The molecule has 0 amide bonds. The van der Waals surface area contributed by atoms with Crippen LogP contribution in [0.3, 0.4) is 0 Å². The first-order valence-corrected chi connectivity index (χ1v) is 7.65. The third-order valence-corrected chi connectivity index (χ3v) is 3.94. The van der Waals surface area contributed by atoms with E-state index in [9.17, 15) is 0 Å². The lowest BCUT2D eigenvalue weighted by Crippen LogP contribution is -2.15. The molecule has 0 aliphatic heterocycles. The van der Waals surface area contributed by atoms with Gasteiger partial charge < -0.3 is 9.13 Å². The molecular formula is C15H16Cl2N4. The van der Waals surface area contributed by atoms with Gasteiger partial charge in [0.05, 0.1) is 28.8 Å². The Bertz CT molecular complexity index is 746. The lowest BCUT2D eigenvalue weighted by atomic mass is 10.2. The van der Waals surface area contributed by atoms with Gasteiger partial charge in [-0.2, -0.15) is 0 Å². The van der Waals surface area contributed by atoms with E-state index < -0.39 is 0 Å². The Morgan fingerprint density at radius 1 is 1.29 bits per heavy atom. The van der Waals surface area contributed by atoms with E-state index in [2.05, 4.69) is 26.0 Å². The third-order valence-electron chi connectivity index (χ3n) is 3.51. The SMILES string of the molecule is CC(Cl)c1nc2cc(Cl)ccc2n1C(C)Cn1ccnc1. The minimum absolute atomic E-state index is 0.165. The largest absolute Gasteiger partial charge is 0.335 e. The van der Waals surface area contributed by atoms with Crippen LogP contribution in [0.4, 0.5) is 0 Å². The minimum atomic E-state index is -0.165. The molecule has 110 valence electrons. The number of hydrogen-bond donors (Lipinski definition) is 0. The van der Waals surface area contributed by atoms with E-state index in [-0.39, 0.29) is 11.4 Å². The second-order valence-corrected chi connectivity index (χ2v) is 6.29. The average Bonchev–Trinajstić information content (AvgIpc) is 3.04. The molecule has 0 aliphatic carbocycles. The number of alkyl halides is 1. The van der Waals surface area contributed by atoms with Gasteiger partial charge in [-0.25, -0.2) is 9.97 Å². The molecule has 0 bridgehead atoms. The Balaban J connectivity index is 2.08. The van der Waals surface area contributed by atoms with Crippen LogP contribution >= 0.6 is 23.2 Å². The molecule has 2 unspecified atom stereocenters. The summed E-state index contributed by atoms with van der Waals surface area (Å²) in [6, 6.07) is 5.97. The van der Waals surface area contributed by atoms with Crippen molar-refractivity contribution in [1.82, 2.24) is 19.1 Å². The van der Waals surface area contributed by atoms with E-state index >= 15 is 0 Å². The van der Waals surface area contributed by atoms with Crippen molar-refractivity contribution in [2.24, 2.45) is 0 Å². The summed E-state index contributed by atoms with van der Waals surface area (Å²) in [6.07, 6.45) is 5.55. The fourth-order valence-electron chi connectivity index (χ4n) is 2.62. The predicted molar refractivity (Wildman–Crippen MR) is 85.9 cm³/mol. The van der Waals surface area contributed by atoms with Crippen molar-refractivity contribution in [2.45, 2.75) is 31.8 Å². The zero-order valence-electron chi connectivity index (χ0n) is 11.9. The summed E-state index contributed by atoms with van der Waals surface area (Å²) >= 11 is 12.4. The Labute approximate surface area is 133 Å². The molecule has 2 aromatic heterocycles. The number of nitrogens with zero attached hydrogens (tertiary/aromatic N) is 4. The second kappa shape index (κ2) is 5.70. The van der Waals surface area contributed by atoms with E-state index in [1.807, 2.05) is 37.6 Å². The van der Waals surface area contributed by atoms with Crippen LogP contribution in [-0.4, -0.2) is 19.1 Å². The zero-order valence-corrected chi connectivity index (χ0v) is 13.4. The van der Waals surface area contributed by atoms with Gasteiger partial charge in [-0.05, 0) is 32.0 Å². The standard InChI is InChI=1S/C15H16Cl2N4/c1-10(8-20-6-5-18-9-20)21-14-4-3-12(17)7-13(14)19-15(21)11(2)16/h3-7,9-11H,8H2,1-2H3. The first kappa shape index (κ1) is 14.4. The van der Waals surface area contributed by atoms with E-state index in [4.69, 9.17) is 23.2 Å². The van der Waals surface area contributed by atoms with E-state index in [0.29, 0.717) is 5.02 Å². The van der Waals surface area contributed by atoms with Crippen molar-refractivity contribution in [2.75, 3.05) is 0 Å². The van der Waals surface area contributed by atoms with Gasteiger partial charge in [0.15, 0.2) is 0 Å². The quantitative estimate of drug-likeness (QED) is 0.665.